The van der Waals surface area contributed by atoms with Crippen molar-refractivity contribution in [2.45, 2.75) is 46.2 Å². The zero-order valence-corrected chi connectivity index (χ0v) is 11.8. The predicted octanol–water partition coefficient (Wildman–Crippen LogP) is 1.61. The molecule has 6 heteroatoms. The van der Waals surface area contributed by atoms with E-state index in [4.69, 9.17) is 0 Å². The average Bonchev–Trinajstić information content (AvgIpc) is 3.03. The first-order valence-corrected chi connectivity index (χ1v) is 6.87. The SMILES string of the molecule is CCCNC(Cc1cc(C)nn1CC)c1cn[nH]n1. The molecule has 0 spiro atoms. The van der Waals surface area contributed by atoms with Crippen molar-refractivity contribution >= 4 is 0 Å². The van der Waals surface area contributed by atoms with Crippen LogP contribution in [0.2, 0.25) is 0 Å². The summed E-state index contributed by atoms with van der Waals surface area (Å²) < 4.78 is 2.05. The smallest absolute Gasteiger partial charge is 0.0997 e. The van der Waals surface area contributed by atoms with Gasteiger partial charge in [-0.05, 0) is 32.9 Å². The van der Waals surface area contributed by atoms with Gasteiger partial charge in [0, 0.05) is 18.7 Å². The summed E-state index contributed by atoms with van der Waals surface area (Å²) in [5.41, 5.74) is 3.25. The number of nitrogens with one attached hydrogen (secondary N) is 2. The molecule has 2 aromatic rings. The lowest BCUT2D eigenvalue weighted by atomic mass is 10.1. The minimum absolute atomic E-state index is 0.181. The summed E-state index contributed by atoms with van der Waals surface area (Å²) in [6.07, 6.45) is 3.76. The van der Waals surface area contributed by atoms with Gasteiger partial charge in [-0.25, -0.2) is 0 Å². The Morgan fingerprint density at radius 1 is 1.42 bits per heavy atom. The van der Waals surface area contributed by atoms with Crippen LogP contribution in [0.4, 0.5) is 0 Å². The van der Waals surface area contributed by atoms with E-state index in [9.17, 15) is 0 Å². The fourth-order valence-electron chi connectivity index (χ4n) is 2.22. The van der Waals surface area contributed by atoms with Gasteiger partial charge in [0.1, 0.15) is 0 Å². The Balaban J connectivity index is 2.15. The van der Waals surface area contributed by atoms with E-state index < -0.39 is 0 Å². The Morgan fingerprint density at radius 3 is 2.89 bits per heavy atom. The molecule has 0 fully saturated rings. The lowest BCUT2D eigenvalue weighted by Gasteiger charge is -2.16. The number of hydrogen-bond donors (Lipinski definition) is 2. The van der Waals surface area contributed by atoms with Crippen LogP contribution in [0.1, 0.15) is 43.4 Å². The van der Waals surface area contributed by atoms with Crippen LogP contribution in [0.15, 0.2) is 12.3 Å². The number of hydrogen-bond acceptors (Lipinski definition) is 4. The Kier molecular flexibility index (Phi) is 4.68. The third kappa shape index (κ3) is 3.41. The number of aromatic amines is 1. The van der Waals surface area contributed by atoms with Crippen LogP contribution >= 0.6 is 0 Å². The predicted molar refractivity (Wildman–Crippen MR) is 73.8 cm³/mol. The van der Waals surface area contributed by atoms with Crippen molar-refractivity contribution in [3.63, 3.8) is 0 Å². The Bertz CT molecular complexity index is 487. The molecule has 0 aliphatic carbocycles. The van der Waals surface area contributed by atoms with E-state index in [1.807, 2.05) is 6.92 Å². The topological polar surface area (TPSA) is 71.4 Å². The van der Waals surface area contributed by atoms with Crippen molar-refractivity contribution in [1.29, 1.82) is 0 Å². The number of aromatic nitrogens is 5. The molecule has 0 saturated heterocycles. The van der Waals surface area contributed by atoms with Gasteiger partial charge in [-0.1, -0.05) is 6.92 Å². The highest BCUT2D eigenvalue weighted by Crippen LogP contribution is 2.16. The molecular formula is C13H22N6. The maximum absolute atomic E-state index is 4.49. The largest absolute Gasteiger partial charge is 0.308 e. The molecule has 0 aliphatic rings. The maximum Gasteiger partial charge on any atom is 0.0997 e. The second-order valence-electron chi connectivity index (χ2n) is 4.70. The quantitative estimate of drug-likeness (QED) is 0.795. The van der Waals surface area contributed by atoms with Crippen molar-refractivity contribution < 1.29 is 0 Å². The first kappa shape index (κ1) is 13.7. The molecule has 6 nitrogen and oxygen atoms in total. The average molecular weight is 262 g/mol. The number of rotatable bonds is 7. The van der Waals surface area contributed by atoms with Gasteiger partial charge in [0.2, 0.25) is 0 Å². The lowest BCUT2D eigenvalue weighted by Crippen LogP contribution is -2.25. The van der Waals surface area contributed by atoms with E-state index in [0.29, 0.717) is 0 Å². The summed E-state index contributed by atoms with van der Waals surface area (Å²) in [4.78, 5) is 0. The van der Waals surface area contributed by atoms with Crippen LogP contribution in [0.3, 0.4) is 0 Å². The molecule has 0 aliphatic heterocycles. The van der Waals surface area contributed by atoms with E-state index in [-0.39, 0.29) is 6.04 Å². The molecule has 2 N–H and O–H groups in total. The highest BCUT2D eigenvalue weighted by Gasteiger charge is 2.17. The molecule has 2 heterocycles. The van der Waals surface area contributed by atoms with Gasteiger partial charge in [0.25, 0.3) is 0 Å². The van der Waals surface area contributed by atoms with Crippen LogP contribution in [-0.2, 0) is 13.0 Å². The van der Waals surface area contributed by atoms with E-state index >= 15 is 0 Å². The Labute approximate surface area is 113 Å². The fourth-order valence-corrected chi connectivity index (χ4v) is 2.22. The summed E-state index contributed by atoms with van der Waals surface area (Å²) >= 11 is 0. The molecule has 1 unspecified atom stereocenters. The molecular weight excluding hydrogens is 240 g/mol. The van der Waals surface area contributed by atoms with Gasteiger partial charge in [-0.15, -0.1) is 0 Å². The Hall–Kier alpha value is -1.69. The van der Waals surface area contributed by atoms with E-state index in [1.54, 1.807) is 6.20 Å². The van der Waals surface area contributed by atoms with E-state index in [1.165, 1.54) is 5.69 Å². The minimum Gasteiger partial charge on any atom is -0.308 e. The van der Waals surface area contributed by atoms with E-state index in [0.717, 1.165) is 37.3 Å². The van der Waals surface area contributed by atoms with E-state index in [2.05, 4.69) is 50.4 Å². The standard InChI is InChI=1S/C13H22N6/c1-4-6-14-12(13-9-15-18-16-13)8-11-7-10(3)17-19(11)5-2/h7,9,12,14H,4-6,8H2,1-3H3,(H,15,16,18). The number of H-pyrrole nitrogens is 1. The third-order valence-corrected chi connectivity index (χ3v) is 3.13. The number of nitrogens with zero attached hydrogens (tertiary/aromatic N) is 4. The van der Waals surface area contributed by atoms with Gasteiger partial charge < -0.3 is 5.32 Å². The zero-order valence-electron chi connectivity index (χ0n) is 11.8. The van der Waals surface area contributed by atoms with Crippen LogP contribution < -0.4 is 5.32 Å². The summed E-state index contributed by atoms with van der Waals surface area (Å²) in [5, 5.41) is 18.8. The first-order valence-electron chi connectivity index (χ1n) is 6.87. The molecule has 0 saturated carbocycles. The van der Waals surface area contributed by atoms with Crippen molar-refractivity contribution in [2.75, 3.05) is 6.54 Å². The minimum atomic E-state index is 0.181. The first-order chi connectivity index (χ1) is 9.24. The molecule has 0 amide bonds. The summed E-state index contributed by atoms with van der Waals surface area (Å²) in [7, 11) is 0. The molecule has 19 heavy (non-hydrogen) atoms. The number of aryl methyl sites for hydroxylation is 2. The summed E-state index contributed by atoms with van der Waals surface area (Å²) in [5.74, 6) is 0. The summed E-state index contributed by atoms with van der Waals surface area (Å²) in [6.45, 7) is 8.16. The second kappa shape index (κ2) is 6.47. The van der Waals surface area contributed by atoms with Crippen molar-refractivity contribution in [1.82, 2.24) is 30.5 Å². The maximum atomic E-state index is 4.49. The van der Waals surface area contributed by atoms with Crippen LogP contribution in [0.5, 0.6) is 0 Å². The molecule has 1 atom stereocenters. The highest BCUT2D eigenvalue weighted by molar-refractivity contribution is 5.13. The molecule has 0 aromatic carbocycles. The monoisotopic (exact) mass is 262 g/mol. The van der Waals surface area contributed by atoms with Gasteiger partial charge in [0.05, 0.1) is 23.6 Å². The van der Waals surface area contributed by atoms with Crippen molar-refractivity contribution in [3.05, 3.63) is 29.3 Å². The van der Waals surface area contributed by atoms with Gasteiger partial charge in [0.15, 0.2) is 0 Å². The van der Waals surface area contributed by atoms with Gasteiger partial charge in [-0.3, -0.25) is 4.68 Å². The molecule has 2 aromatic heterocycles. The summed E-state index contributed by atoms with van der Waals surface area (Å²) in [6, 6.07) is 2.32. The second-order valence-corrected chi connectivity index (χ2v) is 4.70. The molecule has 0 radical (unpaired) electrons. The molecule has 104 valence electrons. The lowest BCUT2D eigenvalue weighted by molar-refractivity contribution is 0.493. The third-order valence-electron chi connectivity index (χ3n) is 3.13. The van der Waals surface area contributed by atoms with Crippen molar-refractivity contribution in [2.24, 2.45) is 0 Å². The zero-order chi connectivity index (χ0) is 13.7. The van der Waals surface area contributed by atoms with Gasteiger partial charge in [-0.2, -0.15) is 20.5 Å². The normalized spacial score (nSPS) is 12.8. The molecule has 2 rings (SSSR count). The Morgan fingerprint density at radius 2 is 2.26 bits per heavy atom. The highest BCUT2D eigenvalue weighted by atomic mass is 15.3. The van der Waals surface area contributed by atoms with Crippen molar-refractivity contribution in [3.8, 4) is 0 Å². The fraction of sp³-hybridized carbons (Fsp3) is 0.615. The van der Waals surface area contributed by atoms with Crippen LogP contribution in [0, 0.1) is 6.92 Å². The molecule has 0 bridgehead atoms. The van der Waals surface area contributed by atoms with Gasteiger partial charge >= 0.3 is 0 Å². The van der Waals surface area contributed by atoms with Crippen LogP contribution in [0.25, 0.3) is 0 Å². The van der Waals surface area contributed by atoms with Crippen LogP contribution in [-0.4, -0.2) is 31.7 Å².